The van der Waals surface area contributed by atoms with Crippen LogP contribution in [0.5, 0.6) is 0 Å². The van der Waals surface area contributed by atoms with Crippen LogP contribution in [0.2, 0.25) is 5.02 Å². The lowest BCUT2D eigenvalue weighted by molar-refractivity contribution is 0.632. The SMILES string of the molecule is Fc1ccc(Cl)cc1Nc1nc(-c2cccnc2)nc2ccccc12. The van der Waals surface area contributed by atoms with Crippen LogP contribution >= 0.6 is 11.6 Å². The average molecular weight is 351 g/mol. The van der Waals surface area contributed by atoms with Crippen molar-refractivity contribution in [2.45, 2.75) is 0 Å². The topological polar surface area (TPSA) is 50.7 Å². The van der Waals surface area contributed by atoms with Gasteiger partial charge in [-0.15, -0.1) is 0 Å². The van der Waals surface area contributed by atoms with E-state index in [0.29, 0.717) is 16.7 Å². The quantitative estimate of drug-likeness (QED) is 0.549. The summed E-state index contributed by atoms with van der Waals surface area (Å²) < 4.78 is 14.1. The molecule has 0 unspecified atom stereocenters. The van der Waals surface area contributed by atoms with Crippen LogP contribution in [0.3, 0.4) is 0 Å². The van der Waals surface area contributed by atoms with Gasteiger partial charge in [0, 0.05) is 28.4 Å². The highest BCUT2D eigenvalue weighted by Crippen LogP contribution is 2.29. The highest BCUT2D eigenvalue weighted by molar-refractivity contribution is 6.30. The molecule has 0 fully saturated rings. The van der Waals surface area contributed by atoms with E-state index in [1.807, 2.05) is 36.4 Å². The zero-order valence-electron chi connectivity index (χ0n) is 12.9. The predicted molar refractivity (Wildman–Crippen MR) is 97.5 cm³/mol. The van der Waals surface area contributed by atoms with Gasteiger partial charge >= 0.3 is 0 Å². The molecule has 2 heterocycles. The second-order valence-corrected chi connectivity index (χ2v) is 5.84. The van der Waals surface area contributed by atoms with E-state index in [9.17, 15) is 4.39 Å². The molecule has 4 aromatic rings. The van der Waals surface area contributed by atoms with Crippen molar-refractivity contribution in [1.82, 2.24) is 15.0 Å². The summed E-state index contributed by atoms with van der Waals surface area (Å²) in [5.41, 5.74) is 1.79. The maximum atomic E-state index is 14.1. The third-order valence-corrected chi connectivity index (χ3v) is 3.94. The number of nitrogens with one attached hydrogen (secondary N) is 1. The number of halogens is 2. The van der Waals surface area contributed by atoms with Crippen molar-refractivity contribution in [1.29, 1.82) is 0 Å². The third-order valence-electron chi connectivity index (χ3n) is 3.70. The van der Waals surface area contributed by atoms with Gasteiger partial charge in [0.05, 0.1) is 11.2 Å². The fourth-order valence-corrected chi connectivity index (χ4v) is 2.69. The molecule has 0 aliphatic carbocycles. The Kier molecular flexibility index (Phi) is 3.99. The van der Waals surface area contributed by atoms with Crippen LogP contribution < -0.4 is 5.32 Å². The van der Waals surface area contributed by atoms with Crippen LogP contribution in [0.15, 0.2) is 67.0 Å². The minimum Gasteiger partial charge on any atom is -0.337 e. The number of nitrogens with zero attached hydrogens (tertiary/aromatic N) is 3. The van der Waals surface area contributed by atoms with Crippen LogP contribution in [-0.2, 0) is 0 Å². The normalized spacial score (nSPS) is 10.8. The minimum absolute atomic E-state index is 0.258. The van der Waals surface area contributed by atoms with Gasteiger partial charge < -0.3 is 5.32 Å². The molecule has 0 saturated heterocycles. The molecule has 2 aromatic heterocycles. The van der Waals surface area contributed by atoms with Crippen LogP contribution in [0.4, 0.5) is 15.9 Å². The number of hydrogen-bond acceptors (Lipinski definition) is 4. The molecule has 2 aromatic carbocycles. The van der Waals surface area contributed by atoms with Gasteiger partial charge in [0.15, 0.2) is 5.82 Å². The lowest BCUT2D eigenvalue weighted by Gasteiger charge is -2.12. The van der Waals surface area contributed by atoms with E-state index in [1.54, 1.807) is 12.4 Å². The van der Waals surface area contributed by atoms with Crippen molar-refractivity contribution in [2.75, 3.05) is 5.32 Å². The van der Waals surface area contributed by atoms with Crippen molar-refractivity contribution in [3.05, 3.63) is 77.8 Å². The van der Waals surface area contributed by atoms with Crippen LogP contribution in [0.1, 0.15) is 0 Å². The zero-order chi connectivity index (χ0) is 17.2. The lowest BCUT2D eigenvalue weighted by Crippen LogP contribution is -2.01. The van der Waals surface area contributed by atoms with Gasteiger partial charge in [-0.3, -0.25) is 4.98 Å². The van der Waals surface area contributed by atoms with E-state index in [0.717, 1.165) is 16.5 Å². The summed E-state index contributed by atoms with van der Waals surface area (Å²) in [4.78, 5) is 13.2. The molecule has 122 valence electrons. The molecule has 25 heavy (non-hydrogen) atoms. The molecule has 4 nitrogen and oxygen atoms in total. The molecule has 0 saturated carbocycles. The summed E-state index contributed by atoms with van der Waals surface area (Å²) >= 11 is 5.98. The van der Waals surface area contributed by atoms with E-state index >= 15 is 0 Å². The van der Waals surface area contributed by atoms with Crippen LogP contribution in [-0.4, -0.2) is 15.0 Å². The summed E-state index contributed by atoms with van der Waals surface area (Å²) in [6, 6.07) is 15.6. The molecule has 0 radical (unpaired) electrons. The maximum Gasteiger partial charge on any atom is 0.163 e. The summed E-state index contributed by atoms with van der Waals surface area (Å²) in [6.45, 7) is 0. The lowest BCUT2D eigenvalue weighted by atomic mass is 10.2. The van der Waals surface area contributed by atoms with E-state index in [2.05, 4.69) is 20.3 Å². The average Bonchev–Trinajstić information content (AvgIpc) is 2.65. The smallest absolute Gasteiger partial charge is 0.163 e. The first-order valence-corrected chi connectivity index (χ1v) is 7.98. The Labute approximate surface area is 148 Å². The molecule has 0 bridgehead atoms. The van der Waals surface area contributed by atoms with E-state index in [-0.39, 0.29) is 5.69 Å². The molecular formula is C19H12ClFN4. The Hall–Kier alpha value is -3.05. The van der Waals surface area contributed by atoms with Crippen molar-refractivity contribution in [3.8, 4) is 11.4 Å². The Morgan fingerprint density at radius 2 is 1.84 bits per heavy atom. The number of rotatable bonds is 3. The van der Waals surface area contributed by atoms with Gasteiger partial charge in [0.1, 0.15) is 11.6 Å². The molecule has 0 atom stereocenters. The minimum atomic E-state index is -0.407. The number of para-hydroxylation sites is 1. The number of anilines is 2. The predicted octanol–water partition coefficient (Wildman–Crippen LogP) is 5.23. The summed E-state index contributed by atoms with van der Waals surface area (Å²) in [6.07, 6.45) is 3.37. The summed E-state index contributed by atoms with van der Waals surface area (Å²) in [7, 11) is 0. The van der Waals surface area contributed by atoms with E-state index in [4.69, 9.17) is 11.6 Å². The first kappa shape index (κ1) is 15.5. The molecule has 0 amide bonds. The molecule has 1 N–H and O–H groups in total. The van der Waals surface area contributed by atoms with Gasteiger partial charge in [-0.05, 0) is 42.5 Å². The fourth-order valence-electron chi connectivity index (χ4n) is 2.52. The monoisotopic (exact) mass is 350 g/mol. The van der Waals surface area contributed by atoms with Crippen molar-refractivity contribution < 1.29 is 4.39 Å². The standard InChI is InChI=1S/C19H12ClFN4/c20-13-7-8-15(21)17(10-13)24-19-14-5-1-2-6-16(14)23-18(25-19)12-4-3-9-22-11-12/h1-11H,(H,23,24,25). The summed E-state index contributed by atoms with van der Waals surface area (Å²) in [5.74, 6) is 0.609. The summed E-state index contributed by atoms with van der Waals surface area (Å²) in [5, 5.41) is 4.26. The number of hydrogen-bond donors (Lipinski definition) is 1. The highest BCUT2D eigenvalue weighted by atomic mass is 35.5. The van der Waals surface area contributed by atoms with Gasteiger partial charge in [0.2, 0.25) is 0 Å². The zero-order valence-corrected chi connectivity index (χ0v) is 13.7. The van der Waals surface area contributed by atoms with Crippen molar-refractivity contribution >= 4 is 34.0 Å². The van der Waals surface area contributed by atoms with Crippen LogP contribution in [0.25, 0.3) is 22.3 Å². The van der Waals surface area contributed by atoms with E-state index in [1.165, 1.54) is 18.2 Å². The fraction of sp³-hybridized carbons (Fsp3) is 0. The number of pyridine rings is 1. The Balaban J connectivity index is 1.88. The second kappa shape index (κ2) is 6.45. The van der Waals surface area contributed by atoms with Gasteiger partial charge in [0.25, 0.3) is 0 Å². The van der Waals surface area contributed by atoms with Gasteiger partial charge in [-0.25, -0.2) is 14.4 Å². The van der Waals surface area contributed by atoms with Crippen molar-refractivity contribution in [3.63, 3.8) is 0 Å². The Morgan fingerprint density at radius 1 is 0.960 bits per heavy atom. The Morgan fingerprint density at radius 3 is 2.68 bits per heavy atom. The molecule has 0 aliphatic rings. The molecular weight excluding hydrogens is 339 g/mol. The third kappa shape index (κ3) is 3.14. The molecule has 0 spiro atoms. The second-order valence-electron chi connectivity index (χ2n) is 5.40. The van der Waals surface area contributed by atoms with Crippen molar-refractivity contribution in [2.24, 2.45) is 0 Å². The number of fused-ring (bicyclic) bond motifs is 1. The molecule has 0 aliphatic heterocycles. The largest absolute Gasteiger partial charge is 0.337 e. The van der Waals surface area contributed by atoms with Crippen LogP contribution in [0, 0.1) is 5.82 Å². The molecule has 4 rings (SSSR count). The highest BCUT2D eigenvalue weighted by Gasteiger charge is 2.11. The Bertz CT molecular complexity index is 1050. The molecule has 6 heteroatoms. The first-order valence-electron chi connectivity index (χ1n) is 7.60. The maximum absolute atomic E-state index is 14.1. The first-order chi connectivity index (χ1) is 12.2. The van der Waals surface area contributed by atoms with Gasteiger partial charge in [-0.2, -0.15) is 0 Å². The van der Waals surface area contributed by atoms with Gasteiger partial charge in [-0.1, -0.05) is 23.7 Å². The number of aromatic nitrogens is 3. The van der Waals surface area contributed by atoms with E-state index < -0.39 is 5.82 Å². The number of benzene rings is 2.